The first-order valence-electron chi connectivity index (χ1n) is 6.06. The van der Waals surface area contributed by atoms with Crippen LogP contribution in [0, 0.1) is 13.8 Å². The van der Waals surface area contributed by atoms with E-state index in [0.717, 1.165) is 6.42 Å². The molecular weight excluding hydrogens is 248 g/mol. The van der Waals surface area contributed by atoms with Crippen molar-refractivity contribution in [2.24, 2.45) is 0 Å². The van der Waals surface area contributed by atoms with Gasteiger partial charge < -0.3 is 5.73 Å². The number of anilines is 1. The van der Waals surface area contributed by atoms with Crippen LogP contribution >= 0.6 is 0 Å². The highest BCUT2D eigenvalue weighted by atomic mass is 32.2. The summed E-state index contributed by atoms with van der Waals surface area (Å²) in [6, 6.07) is 3.38. The van der Waals surface area contributed by atoms with Crippen molar-refractivity contribution in [2.75, 3.05) is 12.8 Å². The van der Waals surface area contributed by atoms with E-state index in [4.69, 9.17) is 5.73 Å². The lowest BCUT2D eigenvalue weighted by Gasteiger charge is -2.25. The number of benzene rings is 1. The zero-order valence-electron chi connectivity index (χ0n) is 11.7. The number of aryl methyl sites for hydroxylation is 2. The Kier molecular flexibility index (Phi) is 4.40. The molecule has 0 bridgehead atoms. The highest BCUT2D eigenvalue weighted by Gasteiger charge is 2.27. The zero-order chi connectivity index (χ0) is 14.1. The maximum atomic E-state index is 12.6. The largest absolute Gasteiger partial charge is 0.399 e. The van der Waals surface area contributed by atoms with Gasteiger partial charge in [0.05, 0.1) is 4.90 Å². The molecule has 1 atom stereocenters. The minimum absolute atomic E-state index is 0.0219. The van der Waals surface area contributed by atoms with Crippen molar-refractivity contribution in [1.29, 1.82) is 0 Å². The van der Waals surface area contributed by atoms with Gasteiger partial charge in [-0.1, -0.05) is 6.92 Å². The number of nitrogen functional groups attached to an aromatic ring is 1. The van der Waals surface area contributed by atoms with Crippen LogP contribution in [0.4, 0.5) is 5.69 Å². The molecule has 1 aromatic rings. The Balaban J connectivity index is 3.38. The molecule has 1 rings (SSSR count). The van der Waals surface area contributed by atoms with Gasteiger partial charge >= 0.3 is 0 Å². The lowest BCUT2D eigenvalue weighted by molar-refractivity contribution is 0.380. The van der Waals surface area contributed by atoms with Crippen LogP contribution in [0.5, 0.6) is 0 Å². The monoisotopic (exact) mass is 270 g/mol. The van der Waals surface area contributed by atoms with Crippen molar-refractivity contribution < 1.29 is 8.42 Å². The highest BCUT2D eigenvalue weighted by Crippen LogP contribution is 2.26. The molecule has 5 heteroatoms. The second-order valence-electron chi connectivity index (χ2n) is 4.76. The summed E-state index contributed by atoms with van der Waals surface area (Å²) in [5.41, 5.74) is 7.71. The summed E-state index contributed by atoms with van der Waals surface area (Å²) in [5, 5.41) is 0. The van der Waals surface area contributed by atoms with Gasteiger partial charge in [-0.05, 0) is 50.5 Å². The topological polar surface area (TPSA) is 63.4 Å². The van der Waals surface area contributed by atoms with Crippen molar-refractivity contribution in [2.45, 2.75) is 45.1 Å². The number of nitrogens with zero attached hydrogens (tertiary/aromatic N) is 1. The number of sulfonamides is 1. The van der Waals surface area contributed by atoms with Gasteiger partial charge in [0, 0.05) is 18.8 Å². The van der Waals surface area contributed by atoms with Crippen molar-refractivity contribution in [3.05, 3.63) is 23.3 Å². The molecule has 2 N–H and O–H groups in total. The summed E-state index contributed by atoms with van der Waals surface area (Å²) < 4.78 is 26.6. The van der Waals surface area contributed by atoms with Crippen molar-refractivity contribution >= 4 is 15.7 Å². The molecule has 102 valence electrons. The predicted molar refractivity (Wildman–Crippen MR) is 75.0 cm³/mol. The predicted octanol–water partition coefficient (Wildman–Crippen LogP) is 2.30. The van der Waals surface area contributed by atoms with E-state index in [1.165, 1.54) is 4.31 Å². The minimum Gasteiger partial charge on any atom is -0.399 e. The Morgan fingerprint density at radius 1 is 1.28 bits per heavy atom. The maximum Gasteiger partial charge on any atom is 0.243 e. The Hall–Kier alpha value is -1.07. The first kappa shape index (κ1) is 15.0. The van der Waals surface area contributed by atoms with Crippen LogP contribution in [-0.4, -0.2) is 25.8 Å². The Labute approximate surface area is 110 Å². The molecule has 1 aromatic carbocycles. The molecule has 0 saturated carbocycles. The van der Waals surface area contributed by atoms with Crippen LogP contribution in [0.3, 0.4) is 0 Å². The van der Waals surface area contributed by atoms with Crippen molar-refractivity contribution in [1.82, 2.24) is 4.31 Å². The van der Waals surface area contributed by atoms with Crippen LogP contribution in [0.1, 0.15) is 31.4 Å². The molecular formula is C13H22N2O2S. The smallest absolute Gasteiger partial charge is 0.243 e. The quantitative estimate of drug-likeness (QED) is 0.854. The number of nitrogens with two attached hydrogens (primary N) is 1. The van der Waals surface area contributed by atoms with Gasteiger partial charge in [-0.2, -0.15) is 4.31 Å². The number of hydrogen-bond acceptors (Lipinski definition) is 3. The summed E-state index contributed by atoms with van der Waals surface area (Å²) in [5.74, 6) is 0. The van der Waals surface area contributed by atoms with Gasteiger partial charge in [0.2, 0.25) is 10.0 Å². The highest BCUT2D eigenvalue weighted by molar-refractivity contribution is 7.89. The van der Waals surface area contributed by atoms with Crippen LogP contribution in [0.2, 0.25) is 0 Å². The summed E-state index contributed by atoms with van der Waals surface area (Å²) >= 11 is 0. The van der Waals surface area contributed by atoms with Gasteiger partial charge in [-0.15, -0.1) is 0 Å². The van der Waals surface area contributed by atoms with Gasteiger partial charge in [-0.3, -0.25) is 0 Å². The fraction of sp³-hybridized carbons (Fsp3) is 0.538. The molecule has 0 aromatic heterocycles. The van der Waals surface area contributed by atoms with Crippen LogP contribution in [0.15, 0.2) is 17.0 Å². The van der Waals surface area contributed by atoms with E-state index >= 15 is 0 Å². The summed E-state index contributed by atoms with van der Waals surface area (Å²) in [6.07, 6.45) is 0.781. The third-order valence-electron chi connectivity index (χ3n) is 3.33. The fourth-order valence-electron chi connectivity index (χ4n) is 2.03. The van der Waals surface area contributed by atoms with Gasteiger partial charge in [-0.25, -0.2) is 8.42 Å². The molecule has 0 heterocycles. The lowest BCUT2D eigenvalue weighted by Crippen LogP contribution is -2.35. The Bertz CT molecular complexity index is 515. The molecule has 0 aliphatic heterocycles. The van der Waals surface area contributed by atoms with Gasteiger partial charge in [0.1, 0.15) is 0 Å². The fourth-order valence-corrected chi connectivity index (χ4v) is 3.87. The summed E-state index contributed by atoms with van der Waals surface area (Å²) in [6.45, 7) is 7.43. The van der Waals surface area contributed by atoms with E-state index in [2.05, 4.69) is 0 Å². The molecule has 0 fully saturated rings. The van der Waals surface area contributed by atoms with E-state index in [1.807, 2.05) is 13.8 Å². The third kappa shape index (κ3) is 2.67. The second-order valence-corrected chi connectivity index (χ2v) is 6.70. The molecule has 0 radical (unpaired) electrons. The van der Waals surface area contributed by atoms with Crippen molar-refractivity contribution in [3.63, 3.8) is 0 Å². The van der Waals surface area contributed by atoms with Gasteiger partial charge in [0.25, 0.3) is 0 Å². The molecule has 0 aliphatic carbocycles. The minimum atomic E-state index is -3.45. The summed E-state index contributed by atoms with van der Waals surface area (Å²) in [7, 11) is -1.83. The van der Waals surface area contributed by atoms with Crippen LogP contribution < -0.4 is 5.73 Å². The van der Waals surface area contributed by atoms with E-state index < -0.39 is 10.0 Å². The van der Waals surface area contributed by atoms with E-state index in [9.17, 15) is 8.42 Å². The molecule has 0 aliphatic rings. The Morgan fingerprint density at radius 2 is 1.72 bits per heavy atom. The molecule has 0 amide bonds. The SMILES string of the molecule is CCC(C)N(C)S(=O)(=O)c1c(C)cc(N)cc1C. The number of rotatable bonds is 4. The summed E-state index contributed by atoms with van der Waals surface area (Å²) in [4.78, 5) is 0.375. The maximum absolute atomic E-state index is 12.6. The van der Waals surface area contributed by atoms with Crippen LogP contribution in [-0.2, 0) is 10.0 Å². The lowest BCUT2D eigenvalue weighted by atomic mass is 10.1. The Morgan fingerprint density at radius 3 is 2.11 bits per heavy atom. The molecule has 0 spiro atoms. The molecule has 0 saturated heterocycles. The van der Waals surface area contributed by atoms with Crippen LogP contribution in [0.25, 0.3) is 0 Å². The van der Waals surface area contributed by atoms with E-state index in [1.54, 1.807) is 33.0 Å². The van der Waals surface area contributed by atoms with E-state index in [-0.39, 0.29) is 6.04 Å². The first-order valence-corrected chi connectivity index (χ1v) is 7.50. The third-order valence-corrected chi connectivity index (χ3v) is 5.61. The standard InChI is InChI=1S/C13H22N2O2S/c1-6-11(4)15(5)18(16,17)13-9(2)7-12(14)8-10(13)3/h7-8,11H,6,14H2,1-5H3. The first-order chi connectivity index (χ1) is 8.21. The molecule has 18 heavy (non-hydrogen) atoms. The number of hydrogen-bond donors (Lipinski definition) is 1. The van der Waals surface area contributed by atoms with E-state index in [0.29, 0.717) is 21.7 Å². The van der Waals surface area contributed by atoms with Crippen molar-refractivity contribution in [3.8, 4) is 0 Å². The van der Waals surface area contributed by atoms with Gasteiger partial charge in [0.15, 0.2) is 0 Å². The molecule has 1 unspecified atom stereocenters. The average Bonchev–Trinajstić information content (AvgIpc) is 2.24. The zero-order valence-corrected chi connectivity index (χ0v) is 12.5. The molecule has 4 nitrogen and oxygen atoms in total. The second kappa shape index (κ2) is 5.28. The normalized spacial score (nSPS) is 13.9. The average molecular weight is 270 g/mol.